The molecular formula is C9H18N2O2. The maximum absolute atomic E-state index is 11.2. The van der Waals surface area contributed by atoms with Crippen molar-refractivity contribution in [3.8, 4) is 0 Å². The number of ether oxygens (including phenoxy) is 1. The molecule has 0 saturated carbocycles. The highest BCUT2D eigenvalue weighted by Gasteiger charge is 2.19. The van der Waals surface area contributed by atoms with Crippen molar-refractivity contribution in [1.29, 1.82) is 0 Å². The van der Waals surface area contributed by atoms with E-state index >= 15 is 0 Å². The van der Waals surface area contributed by atoms with E-state index in [1.54, 1.807) is 26.8 Å². The van der Waals surface area contributed by atoms with E-state index in [1.807, 2.05) is 0 Å². The van der Waals surface area contributed by atoms with Crippen LogP contribution < -0.4 is 11.5 Å². The van der Waals surface area contributed by atoms with E-state index in [4.69, 9.17) is 16.2 Å². The fourth-order valence-electron chi connectivity index (χ4n) is 0.674. The predicted octanol–water partition coefficient (Wildman–Crippen LogP) is 0.170. The minimum absolute atomic E-state index is 0.372. The molecule has 0 fully saturated rings. The van der Waals surface area contributed by atoms with Gasteiger partial charge in [0.05, 0.1) is 0 Å². The van der Waals surface area contributed by atoms with Crippen molar-refractivity contribution in [2.75, 3.05) is 6.54 Å². The molecule has 0 radical (unpaired) electrons. The van der Waals surface area contributed by atoms with Crippen LogP contribution in [0.5, 0.6) is 0 Å². The molecule has 0 heterocycles. The Morgan fingerprint density at radius 2 is 2.08 bits per heavy atom. The van der Waals surface area contributed by atoms with Crippen molar-refractivity contribution < 1.29 is 9.53 Å². The zero-order valence-corrected chi connectivity index (χ0v) is 8.41. The van der Waals surface area contributed by atoms with Crippen LogP contribution in [-0.4, -0.2) is 24.2 Å². The fraction of sp³-hybridized carbons (Fsp3) is 0.667. The summed E-state index contributed by atoms with van der Waals surface area (Å²) in [5.74, 6) is -0.433. The SMILES string of the molecule is CC(C)(C)OC(=O)[C@H](N)/C=C/CN. The molecule has 4 nitrogen and oxygen atoms in total. The Hall–Kier alpha value is -0.870. The number of rotatable bonds is 3. The first-order chi connectivity index (χ1) is 5.87. The van der Waals surface area contributed by atoms with Crippen molar-refractivity contribution in [2.24, 2.45) is 11.5 Å². The van der Waals surface area contributed by atoms with Crippen LogP contribution in [0.2, 0.25) is 0 Å². The average molecular weight is 186 g/mol. The largest absolute Gasteiger partial charge is 0.459 e. The molecule has 4 N–H and O–H groups in total. The summed E-state index contributed by atoms with van der Waals surface area (Å²) in [5.41, 5.74) is 10.2. The van der Waals surface area contributed by atoms with E-state index in [9.17, 15) is 4.79 Å². The van der Waals surface area contributed by atoms with E-state index < -0.39 is 17.6 Å². The summed E-state index contributed by atoms with van der Waals surface area (Å²) in [6.45, 7) is 5.76. The molecule has 0 aromatic carbocycles. The lowest BCUT2D eigenvalue weighted by atomic mass is 10.2. The summed E-state index contributed by atoms with van der Waals surface area (Å²) in [7, 11) is 0. The Kier molecular flexibility index (Phi) is 4.66. The normalized spacial score (nSPS) is 14.5. The maximum Gasteiger partial charge on any atom is 0.327 e. The molecule has 0 aromatic heterocycles. The van der Waals surface area contributed by atoms with Crippen LogP contribution in [0.3, 0.4) is 0 Å². The fourth-order valence-corrected chi connectivity index (χ4v) is 0.674. The van der Waals surface area contributed by atoms with Crippen LogP contribution in [0.4, 0.5) is 0 Å². The van der Waals surface area contributed by atoms with E-state index in [-0.39, 0.29) is 0 Å². The van der Waals surface area contributed by atoms with Crippen LogP contribution >= 0.6 is 0 Å². The van der Waals surface area contributed by atoms with Gasteiger partial charge in [0.1, 0.15) is 11.6 Å². The van der Waals surface area contributed by atoms with Gasteiger partial charge in [-0.3, -0.25) is 0 Å². The number of carbonyl (C=O) groups excluding carboxylic acids is 1. The third-order valence-corrected chi connectivity index (χ3v) is 1.16. The highest BCUT2D eigenvalue weighted by Crippen LogP contribution is 2.07. The standard InChI is InChI=1S/C9H18N2O2/c1-9(2,3)13-8(12)7(11)5-4-6-10/h4-5,7H,6,10-11H2,1-3H3/b5-4+/t7-/m1/s1. The molecule has 0 aliphatic carbocycles. The van der Waals surface area contributed by atoms with Gasteiger partial charge in [0.25, 0.3) is 0 Å². The van der Waals surface area contributed by atoms with Crippen molar-refractivity contribution in [2.45, 2.75) is 32.4 Å². The van der Waals surface area contributed by atoms with Crippen LogP contribution in [0, 0.1) is 0 Å². The highest BCUT2D eigenvalue weighted by atomic mass is 16.6. The summed E-state index contributed by atoms with van der Waals surface area (Å²) in [6.07, 6.45) is 3.17. The van der Waals surface area contributed by atoms with Gasteiger partial charge in [0.2, 0.25) is 0 Å². The molecule has 0 aromatic rings. The molecule has 4 heteroatoms. The smallest absolute Gasteiger partial charge is 0.327 e. The number of nitrogens with two attached hydrogens (primary N) is 2. The molecule has 0 rings (SSSR count). The summed E-state index contributed by atoms with van der Waals surface area (Å²) in [5, 5.41) is 0. The molecule has 0 aliphatic rings. The maximum atomic E-state index is 11.2. The van der Waals surface area contributed by atoms with E-state index in [0.29, 0.717) is 6.54 Å². The van der Waals surface area contributed by atoms with Gasteiger partial charge in [-0.05, 0) is 20.8 Å². The number of carbonyl (C=O) groups is 1. The zero-order valence-electron chi connectivity index (χ0n) is 8.41. The van der Waals surface area contributed by atoms with Gasteiger partial charge in [-0.25, -0.2) is 4.79 Å². The third kappa shape index (κ3) is 6.31. The number of hydrogen-bond donors (Lipinski definition) is 2. The Labute approximate surface area is 78.9 Å². The quantitative estimate of drug-likeness (QED) is 0.486. The van der Waals surface area contributed by atoms with Gasteiger partial charge in [-0.15, -0.1) is 0 Å². The molecule has 76 valence electrons. The van der Waals surface area contributed by atoms with Gasteiger partial charge in [0, 0.05) is 6.54 Å². The molecule has 0 unspecified atom stereocenters. The summed E-state index contributed by atoms with van der Waals surface area (Å²) in [6, 6.07) is -0.720. The lowest BCUT2D eigenvalue weighted by Crippen LogP contribution is -2.36. The Balaban J connectivity index is 4.04. The first-order valence-electron chi connectivity index (χ1n) is 4.22. The van der Waals surface area contributed by atoms with Crippen LogP contribution in [0.15, 0.2) is 12.2 Å². The van der Waals surface area contributed by atoms with E-state index in [1.165, 1.54) is 6.08 Å². The summed E-state index contributed by atoms with van der Waals surface area (Å²) >= 11 is 0. The topological polar surface area (TPSA) is 78.3 Å². The van der Waals surface area contributed by atoms with E-state index in [0.717, 1.165) is 0 Å². The van der Waals surface area contributed by atoms with Crippen LogP contribution in [-0.2, 0) is 9.53 Å². The number of esters is 1. The minimum atomic E-state index is -0.720. The second-order valence-electron chi connectivity index (χ2n) is 3.72. The van der Waals surface area contributed by atoms with E-state index in [2.05, 4.69) is 0 Å². The van der Waals surface area contributed by atoms with Crippen LogP contribution in [0.25, 0.3) is 0 Å². The summed E-state index contributed by atoms with van der Waals surface area (Å²) in [4.78, 5) is 11.2. The second kappa shape index (κ2) is 4.99. The Morgan fingerprint density at radius 3 is 2.46 bits per heavy atom. The van der Waals surface area contributed by atoms with Crippen molar-refractivity contribution >= 4 is 5.97 Å². The van der Waals surface area contributed by atoms with Crippen molar-refractivity contribution in [3.05, 3.63) is 12.2 Å². The molecule has 13 heavy (non-hydrogen) atoms. The van der Waals surface area contributed by atoms with Crippen LogP contribution in [0.1, 0.15) is 20.8 Å². The summed E-state index contributed by atoms with van der Waals surface area (Å²) < 4.78 is 5.04. The first kappa shape index (κ1) is 12.1. The van der Waals surface area contributed by atoms with Gasteiger partial charge in [-0.2, -0.15) is 0 Å². The average Bonchev–Trinajstić information content (AvgIpc) is 1.96. The zero-order chi connectivity index (χ0) is 10.5. The Morgan fingerprint density at radius 1 is 1.54 bits per heavy atom. The molecule has 0 bridgehead atoms. The monoisotopic (exact) mass is 186 g/mol. The lowest BCUT2D eigenvalue weighted by Gasteiger charge is -2.20. The first-order valence-corrected chi connectivity index (χ1v) is 4.22. The minimum Gasteiger partial charge on any atom is -0.459 e. The molecule has 0 aliphatic heterocycles. The van der Waals surface area contributed by atoms with Crippen molar-refractivity contribution in [3.63, 3.8) is 0 Å². The van der Waals surface area contributed by atoms with Gasteiger partial charge < -0.3 is 16.2 Å². The third-order valence-electron chi connectivity index (χ3n) is 1.16. The van der Waals surface area contributed by atoms with Gasteiger partial charge in [-0.1, -0.05) is 12.2 Å². The van der Waals surface area contributed by atoms with Gasteiger partial charge in [0.15, 0.2) is 0 Å². The lowest BCUT2D eigenvalue weighted by molar-refractivity contribution is -0.155. The molecule has 0 spiro atoms. The Bertz CT molecular complexity index is 194. The molecule has 0 amide bonds. The second-order valence-corrected chi connectivity index (χ2v) is 3.72. The van der Waals surface area contributed by atoms with Gasteiger partial charge >= 0.3 is 5.97 Å². The highest BCUT2D eigenvalue weighted by molar-refractivity contribution is 5.78. The predicted molar refractivity (Wildman–Crippen MR) is 52.0 cm³/mol. The molecule has 0 saturated heterocycles. The van der Waals surface area contributed by atoms with Crippen molar-refractivity contribution in [1.82, 2.24) is 0 Å². The molecule has 1 atom stereocenters. The number of hydrogen-bond acceptors (Lipinski definition) is 4. The molecular weight excluding hydrogens is 168 g/mol.